The third-order valence-corrected chi connectivity index (χ3v) is 4.07. The first-order valence-electron chi connectivity index (χ1n) is 8.21. The molecule has 2 N–H and O–H groups in total. The third-order valence-electron chi connectivity index (χ3n) is 4.07. The van der Waals surface area contributed by atoms with Crippen molar-refractivity contribution in [2.75, 3.05) is 40.9 Å². The molecule has 0 spiro atoms. The number of hydrogen-bond donors (Lipinski definition) is 2. The summed E-state index contributed by atoms with van der Waals surface area (Å²) in [7, 11) is 5.14. The van der Waals surface area contributed by atoms with E-state index >= 15 is 0 Å². The van der Waals surface area contributed by atoms with Crippen LogP contribution in [0.1, 0.15) is 12.0 Å². The molecule has 1 fully saturated rings. The largest absolute Gasteiger partial charge is 0.497 e. The number of likely N-dealkylation sites (tertiary alicyclic amines) is 1. The zero-order chi connectivity index (χ0) is 17.4. The highest BCUT2D eigenvalue weighted by atomic mass is 16.5. The van der Waals surface area contributed by atoms with E-state index in [9.17, 15) is 0 Å². The maximum Gasteiger partial charge on any atom is 0.191 e. The number of nitrogens with zero attached hydrogens (tertiary/aromatic N) is 2. The Kier molecular flexibility index (Phi) is 6.93. The standard InChI is InChI=1S/C18H28N4O2/c1-5-7-20-18(19-2)21-15-6-8-22(13-15)12-14-9-16(23-3)11-17(10-14)24-4/h5,9-11,15H,1,6-8,12-13H2,2-4H3,(H2,19,20,21). The molecule has 0 amide bonds. The number of rotatable bonds is 7. The van der Waals surface area contributed by atoms with Crippen LogP contribution in [-0.2, 0) is 6.54 Å². The van der Waals surface area contributed by atoms with Crippen molar-refractivity contribution in [2.45, 2.75) is 19.0 Å². The molecule has 6 heteroatoms. The Balaban J connectivity index is 1.90. The average Bonchev–Trinajstić information content (AvgIpc) is 3.04. The van der Waals surface area contributed by atoms with Gasteiger partial charge in [0.15, 0.2) is 5.96 Å². The minimum Gasteiger partial charge on any atom is -0.497 e. The number of methoxy groups -OCH3 is 2. The van der Waals surface area contributed by atoms with Crippen LogP contribution in [0, 0.1) is 0 Å². The van der Waals surface area contributed by atoms with Gasteiger partial charge in [-0.2, -0.15) is 0 Å². The van der Waals surface area contributed by atoms with Gasteiger partial charge in [0.05, 0.1) is 14.2 Å². The van der Waals surface area contributed by atoms with E-state index in [1.54, 1.807) is 21.3 Å². The molecule has 2 rings (SSSR count). The summed E-state index contributed by atoms with van der Waals surface area (Å²) in [5.41, 5.74) is 1.20. The van der Waals surface area contributed by atoms with Gasteiger partial charge in [-0.15, -0.1) is 6.58 Å². The molecule has 1 aromatic carbocycles. The molecule has 0 radical (unpaired) electrons. The van der Waals surface area contributed by atoms with E-state index in [-0.39, 0.29) is 0 Å². The highest BCUT2D eigenvalue weighted by molar-refractivity contribution is 5.80. The lowest BCUT2D eigenvalue weighted by Crippen LogP contribution is -2.44. The van der Waals surface area contributed by atoms with Crippen LogP contribution in [-0.4, -0.2) is 57.8 Å². The van der Waals surface area contributed by atoms with Crippen LogP contribution in [0.3, 0.4) is 0 Å². The highest BCUT2D eigenvalue weighted by Gasteiger charge is 2.23. The van der Waals surface area contributed by atoms with Crippen molar-refractivity contribution in [1.29, 1.82) is 0 Å². The molecule has 1 aliphatic rings. The molecule has 1 heterocycles. The van der Waals surface area contributed by atoms with Crippen molar-refractivity contribution < 1.29 is 9.47 Å². The number of hydrogen-bond acceptors (Lipinski definition) is 4. The summed E-state index contributed by atoms with van der Waals surface area (Å²) in [6, 6.07) is 6.42. The van der Waals surface area contributed by atoms with Gasteiger partial charge in [-0.25, -0.2) is 0 Å². The normalized spacial score (nSPS) is 18.3. The van der Waals surface area contributed by atoms with Crippen molar-refractivity contribution in [3.05, 3.63) is 36.4 Å². The molecule has 1 unspecified atom stereocenters. The summed E-state index contributed by atoms with van der Waals surface area (Å²) in [5.74, 6) is 2.48. The van der Waals surface area contributed by atoms with Gasteiger partial charge < -0.3 is 20.1 Å². The molecule has 6 nitrogen and oxygen atoms in total. The van der Waals surface area contributed by atoms with Crippen LogP contribution >= 0.6 is 0 Å². The van der Waals surface area contributed by atoms with E-state index < -0.39 is 0 Å². The average molecular weight is 332 g/mol. The van der Waals surface area contributed by atoms with E-state index in [2.05, 4.69) is 39.2 Å². The Hall–Kier alpha value is -2.21. The number of ether oxygens (including phenoxy) is 2. The van der Waals surface area contributed by atoms with Gasteiger partial charge in [-0.1, -0.05) is 6.08 Å². The molecule has 1 aliphatic heterocycles. The van der Waals surface area contributed by atoms with Gasteiger partial charge in [-0.05, 0) is 24.1 Å². The van der Waals surface area contributed by atoms with Gasteiger partial charge in [-0.3, -0.25) is 9.89 Å². The van der Waals surface area contributed by atoms with Crippen LogP contribution < -0.4 is 20.1 Å². The molecule has 0 aliphatic carbocycles. The van der Waals surface area contributed by atoms with E-state index in [0.717, 1.165) is 43.5 Å². The van der Waals surface area contributed by atoms with Crippen molar-refractivity contribution in [3.63, 3.8) is 0 Å². The zero-order valence-electron chi connectivity index (χ0n) is 14.8. The minimum absolute atomic E-state index is 0.397. The summed E-state index contributed by atoms with van der Waals surface area (Å²) in [4.78, 5) is 6.66. The first-order valence-corrected chi connectivity index (χ1v) is 8.21. The number of aliphatic imine (C=N–C) groups is 1. The molecular weight excluding hydrogens is 304 g/mol. The van der Waals surface area contributed by atoms with Gasteiger partial charge in [0.25, 0.3) is 0 Å². The Bertz CT molecular complexity index is 552. The fourth-order valence-electron chi connectivity index (χ4n) is 2.87. The molecular formula is C18H28N4O2. The second-order valence-electron chi connectivity index (χ2n) is 5.83. The van der Waals surface area contributed by atoms with Gasteiger partial charge in [0, 0.05) is 45.3 Å². The summed E-state index contributed by atoms with van der Waals surface area (Å²) in [6.45, 7) is 7.33. The lowest BCUT2D eigenvalue weighted by atomic mass is 10.2. The molecule has 24 heavy (non-hydrogen) atoms. The molecule has 0 aromatic heterocycles. The maximum atomic E-state index is 5.34. The van der Waals surface area contributed by atoms with Crippen LogP contribution in [0.4, 0.5) is 0 Å². The third kappa shape index (κ3) is 5.16. The van der Waals surface area contributed by atoms with Crippen LogP contribution in [0.2, 0.25) is 0 Å². The van der Waals surface area contributed by atoms with E-state index in [4.69, 9.17) is 9.47 Å². The Labute approximate surface area is 144 Å². The summed E-state index contributed by atoms with van der Waals surface area (Å²) in [6.07, 6.45) is 2.92. The van der Waals surface area contributed by atoms with Gasteiger partial charge >= 0.3 is 0 Å². The van der Waals surface area contributed by atoms with Crippen LogP contribution in [0.25, 0.3) is 0 Å². The molecule has 1 aromatic rings. The smallest absolute Gasteiger partial charge is 0.191 e. The van der Waals surface area contributed by atoms with Crippen molar-refractivity contribution >= 4 is 5.96 Å². The number of nitrogens with one attached hydrogen (secondary N) is 2. The molecule has 1 saturated heterocycles. The van der Waals surface area contributed by atoms with Crippen molar-refractivity contribution in [2.24, 2.45) is 4.99 Å². The van der Waals surface area contributed by atoms with Crippen LogP contribution in [0.15, 0.2) is 35.8 Å². The Morgan fingerprint density at radius 2 is 2.04 bits per heavy atom. The molecule has 1 atom stereocenters. The van der Waals surface area contributed by atoms with E-state index in [1.807, 2.05) is 12.1 Å². The topological polar surface area (TPSA) is 58.1 Å². The predicted octanol–water partition coefficient (Wildman–Crippen LogP) is 1.63. The predicted molar refractivity (Wildman–Crippen MR) is 97.9 cm³/mol. The number of benzene rings is 1. The SMILES string of the molecule is C=CCNC(=NC)NC1CCN(Cc2cc(OC)cc(OC)c2)C1. The monoisotopic (exact) mass is 332 g/mol. The zero-order valence-corrected chi connectivity index (χ0v) is 14.8. The second-order valence-corrected chi connectivity index (χ2v) is 5.83. The van der Waals surface area contributed by atoms with Crippen molar-refractivity contribution in [3.8, 4) is 11.5 Å². The van der Waals surface area contributed by atoms with E-state index in [0.29, 0.717) is 12.6 Å². The first kappa shape index (κ1) is 18.1. The van der Waals surface area contributed by atoms with E-state index in [1.165, 1.54) is 5.56 Å². The summed E-state index contributed by atoms with van der Waals surface area (Å²) in [5, 5.41) is 6.67. The fourth-order valence-corrected chi connectivity index (χ4v) is 2.87. The molecule has 0 bridgehead atoms. The highest BCUT2D eigenvalue weighted by Crippen LogP contribution is 2.24. The fraction of sp³-hybridized carbons (Fsp3) is 0.500. The van der Waals surface area contributed by atoms with Gasteiger partial charge in [0.1, 0.15) is 11.5 Å². The second kappa shape index (κ2) is 9.17. The first-order chi connectivity index (χ1) is 11.7. The van der Waals surface area contributed by atoms with Crippen LogP contribution in [0.5, 0.6) is 11.5 Å². The Morgan fingerprint density at radius 3 is 2.62 bits per heavy atom. The van der Waals surface area contributed by atoms with Crippen molar-refractivity contribution in [1.82, 2.24) is 15.5 Å². The van der Waals surface area contributed by atoms with Gasteiger partial charge in [0.2, 0.25) is 0 Å². The summed E-state index contributed by atoms with van der Waals surface area (Å²) < 4.78 is 10.7. The minimum atomic E-state index is 0.397. The number of guanidine groups is 1. The molecule has 132 valence electrons. The lowest BCUT2D eigenvalue weighted by Gasteiger charge is -2.19. The maximum absolute atomic E-state index is 5.34. The Morgan fingerprint density at radius 1 is 1.33 bits per heavy atom. The lowest BCUT2D eigenvalue weighted by molar-refractivity contribution is 0.321. The quantitative estimate of drug-likeness (QED) is 0.451. The molecule has 0 saturated carbocycles. The summed E-state index contributed by atoms with van der Waals surface area (Å²) >= 11 is 0.